The van der Waals surface area contributed by atoms with Crippen molar-refractivity contribution in [2.45, 2.75) is 4.66 Å². The summed E-state index contributed by atoms with van der Waals surface area (Å²) < 4.78 is 1.74. The van der Waals surface area contributed by atoms with Crippen molar-refractivity contribution in [3.63, 3.8) is 0 Å². The van der Waals surface area contributed by atoms with Gasteiger partial charge in [-0.1, -0.05) is 23.2 Å². The SMILES string of the molecule is Clc1c(Cl)c(Cl)[s+](CBr)c1Cl. The molecule has 0 aliphatic carbocycles. The lowest BCUT2D eigenvalue weighted by molar-refractivity contribution is 1.99. The Labute approximate surface area is 95.5 Å². The maximum absolute atomic E-state index is 5.84. The Balaban J connectivity index is 3.36. The minimum absolute atomic E-state index is 0.341. The van der Waals surface area contributed by atoms with Gasteiger partial charge in [0, 0.05) is 10.5 Å². The molecule has 1 heterocycles. The summed E-state index contributed by atoms with van der Waals surface area (Å²) in [5.41, 5.74) is 0. The van der Waals surface area contributed by atoms with E-state index in [0.29, 0.717) is 23.4 Å². The highest BCUT2D eigenvalue weighted by Crippen LogP contribution is 2.51. The first-order chi connectivity index (χ1) is 5.09. The second-order valence-electron chi connectivity index (χ2n) is 1.68. The van der Waals surface area contributed by atoms with E-state index in [1.807, 2.05) is 0 Å². The number of hydrogen-bond acceptors (Lipinski definition) is 0. The molecule has 0 amide bonds. The van der Waals surface area contributed by atoms with E-state index in [1.165, 1.54) is 0 Å². The van der Waals surface area contributed by atoms with Crippen LogP contribution in [-0.2, 0) is 4.66 Å². The van der Waals surface area contributed by atoms with Crippen LogP contribution in [-0.4, -0.2) is 0 Å². The van der Waals surface area contributed by atoms with E-state index in [2.05, 4.69) is 15.9 Å². The van der Waals surface area contributed by atoms with Crippen LogP contribution in [0.3, 0.4) is 0 Å². The third-order valence-corrected chi connectivity index (χ3v) is 6.71. The first kappa shape index (κ1) is 10.4. The van der Waals surface area contributed by atoms with Crippen molar-refractivity contribution >= 4 is 72.8 Å². The Kier molecular flexibility index (Phi) is 3.82. The molecule has 0 bridgehead atoms. The normalized spacial score (nSPS) is 10.6. The molecule has 62 valence electrons. The van der Waals surface area contributed by atoms with Gasteiger partial charge in [-0.2, -0.15) is 0 Å². The predicted octanol–water partition coefficient (Wildman–Crippen LogP) is 5.40. The molecule has 11 heavy (non-hydrogen) atoms. The number of thiophene rings is 1. The second-order valence-corrected chi connectivity index (χ2v) is 6.82. The summed E-state index contributed by atoms with van der Waals surface area (Å²) in [6, 6.07) is 0. The zero-order valence-electron chi connectivity index (χ0n) is 5.01. The number of hydrogen-bond donors (Lipinski definition) is 0. The molecule has 0 N–H and O–H groups in total. The average molecular weight is 316 g/mol. The van der Waals surface area contributed by atoms with Crippen LogP contribution in [0.4, 0.5) is 0 Å². The van der Waals surface area contributed by atoms with Gasteiger partial charge in [-0.25, -0.2) is 0 Å². The number of alkyl halides is 1. The molecule has 0 saturated heterocycles. The maximum atomic E-state index is 5.84. The summed E-state index contributed by atoms with van der Waals surface area (Å²) in [6.45, 7) is 0. The van der Waals surface area contributed by atoms with Crippen molar-refractivity contribution < 1.29 is 0 Å². The molecule has 0 aliphatic rings. The third-order valence-electron chi connectivity index (χ3n) is 1.08. The fraction of sp³-hybridized carbons (Fsp3) is 0.200. The molecule has 0 fully saturated rings. The summed E-state index contributed by atoms with van der Waals surface area (Å²) in [7, 11) is -0.341. The number of halogens is 5. The van der Waals surface area contributed by atoms with E-state index in [4.69, 9.17) is 46.4 Å². The van der Waals surface area contributed by atoms with Crippen molar-refractivity contribution in [2.75, 3.05) is 0 Å². The van der Waals surface area contributed by atoms with E-state index in [9.17, 15) is 0 Å². The van der Waals surface area contributed by atoms with Gasteiger partial charge in [-0.3, -0.25) is 0 Å². The quantitative estimate of drug-likeness (QED) is 0.480. The predicted molar refractivity (Wildman–Crippen MR) is 57.9 cm³/mol. The van der Waals surface area contributed by atoms with Crippen LogP contribution in [0, 0.1) is 0 Å². The molecule has 1 aromatic heterocycles. The Morgan fingerprint density at radius 3 is 1.55 bits per heavy atom. The molecule has 1 rings (SSSR count). The topological polar surface area (TPSA) is 0 Å². The van der Waals surface area contributed by atoms with Crippen LogP contribution in [0.25, 0.3) is 0 Å². The lowest BCUT2D eigenvalue weighted by atomic mass is 10.7. The minimum Gasteiger partial charge on any atom is -0.0754 e. The summed E-state index contributed by atoms with van der Waals surface area (Å²) >= 11 is 26.4. The van der Waals surface area contributed by atoms with E-state index in [0.717, 1.165) is 0 Å². The Hall–Kier alpha value is 1.34. The Morgan fingerprint density at radius 1 is 1.00 bits per heavy atom. The van der Waals surface area contributed by atoms with E-state index in [-0.39, 0.29) is 10.5 Å². The summed E-state index contributed by atoms with van der Waals surface area (Å²) in [4.78, 5) is 0. The van der Waals surface area contributed by atoms with Gasteiger partial charge in [0.25, 0.3) is 8.67 Å². The summed E-state index contributed by atoms with van der Waals surface area (Å²) in [5, 5.41) is 0.752. The standard InChI is InChI=1S/C5H2BrCl4S/c6-1-11-4(9)2(7)3(8)5(11)10/h1H2/q+1. The van der Waals surface area contributed by atoms with Gasteiger partial charge in [0.05, 0.1) is 0 Å². The van der Waals surface area contributed by atoms with Crippen LogP contribution in [0.15, 0.2) is 0 Å². The van der Waals surface area contributed by atoms with Gasteiger partial charge in [-0.15, -0.1) is 0 Å². The Bertz CT molecular complexity index is 257. The van der Waals surface area contributed by atoms with E-state index < -0.39 is 0 Å². The highest BCUT2D eigenvalue weighted by molar-refractivity contribution is 9.09. The zero-order valence-corrected chi connectivity index (χ0v) is 10.4. The van der Waals surface area contributed by atoms with Crippen LogP contribution in [0.2, 0.25) is 18.7 Å². The van der Waals surface area contributed by atoms with E-state index in [1.54, 1.807) is 0 Å². The highest BCUT2D eigenvalue weighted by atomic mass is 79.9. The van der Waals surface area contributed by atoms with Gasteiger partial charge in [-0.05, 0) is 39.1 Å². The van der Waals surface area contributed by atoms with Gasteiger partial charge >= 0.3 is 0 Å². The van der Waals surface area contributed by atoms with Gasteiger partial charge < -0.3 is 0 Å². The van der Waals surface area contributed by atoms with Crippen LogP contribution in [0.1, 0.15) is 0 Å². The van der Waals surface area contributed by atoms with Crippen molar-refractivity contribution in [1.82, 2.24) is 0 Å². The molecule has 0 spiro atoms. The van der Waals surface area contributed by atoms with Gasteiger partial charge in [0.2, 0.25) is 0 Å². The molecule has 0 unspecified atom stereocenters. The lowest BCUT2D eigenvalue weighted by Gasteiger charge is -1.80. The Morgan fingerprint density at radius 2 is 1.36 bits per heavy atom. The first-order valence-electron chi connectivity index (χ1n) is 2.47. The van der Waals surface area contributed by atoms with Gasteiger partial charge in [0.1, 0.15) is 10.0 Å². The molecule has 0 aliphatic heterocycles. The minimum atomic E-state index is -0.341. The lowest BCUT2D eigenvalue weighted by Crippen LogP contribution is -1.56. The fourth-order valence-corrected chi connectivity index (χ4v) is 5.77. The van der Waals surface area contributed by atoms with E-state index >= 15 is 0 Å². The molecule has 0 saturated carbocycles. The smallest absolute Gasteiger partial charge is 0.0754 e. The third kappa shape index (κ3) is 1.82. The first-order valence-corrected chi connectivity index (χ1v) is 6.50. The molecule has 0 aromatic carbocycles. The summed E-state index contributed by atoms with van der Waals surface area (Å²) in [5.74, 6) is 0. The molecular weight excluding hydrogens is 314 g/mol. The second kappa shape index (κ2) is 4.03. The van der Waals surface area contributed by atoms with Crippen LogP contribution < -0.4 is 0 Å². The molecule has 0 nitrogen and oxygen atoms in total. The zero-order chi connectivity index (χ0) is 8.59. The monoisotopic (exact) mass is 313 g/mol. The molecule has 1 aromatic rings. The highest BCUT2D eigenvalue weighted by Gasteiger charge is 2.27. The molecule has 6 heteroatoms. The molecule has 0 atom stereocenters. The average Bonchev–Trinajstić information content (AvgIpc) is 2.17. The van der Waals surface area contributed by atoms with Crippen LogP contribution >= 0.6 is 72.8 Å². The largest absolute Gasteiger partial charge is 0.263 e. The number of rotatable bonds is 1. The van der Waals surface area contributed by atoms with Crippen molar-refractivity contribution in [1.29, 1.82) is 0 Å². The summed E-state index contributed by atoms with van der Waals surface area (Å²) in [6.07, 6.45) is 0. The van der Waals surface area contributed by atoms with Crippen molar-refractivity contribution in [2.24, 2.45) is 0 Å². The fourth-order valence-electron chi connectivity index (χ4n) is 0.563. The van der Waals surface area contributed by atoms with Crippen LogP contribution in [0.5, 0.6) is 0 Å². The van der Waals surface area contributed by atoms with Gasteiger partial charge in [0.15, 0.2) is 4.66 Å². The molecule has 0 radical (unpaired) electrons. The maximum Gasteiger partial charge on any atom is 0.263 e. The van der Waals surface area contributed by atoms with Crippen molar-refractivity contribution in [3.8, 4) is 0 Å². The molecular formula is C5H2BrCl4S+. The van der Waals surface area contributed by atoms with Crippen molar-refractivity contribution in [3.05, 3.63) is 18.7 Å².